The molecule has 3 atom stereocenters. The molecule has 2 N–H and O–H groups in total. The summed E-state index contributed by atoms with van der Waals surface area (Å²) in [5.41, 5.74) is -1.17. The van der Waals surface area contributed by atoms with Crippen LogP contribution in [0.3, 0.4) is 0 Å². The number of amides is 1. The molecule has 4 nitrogen and oxygen atoms in total. The average Bonchev–Trinajstić information content (AvgIpc) is 2.28. The molecule has 18 heavy (non-hydrogen) atoms. The molecule has 4 heteroatoms. The molecule has 0 heterocycles. The molecule has 0 aromatic rings. The number of hydrogen-bond donors (Lipinski definition) is 2. The van der Waals surface area contributed by atoms with Crippen LogP contribution in [0, 0.1) is 17.8 Å². The Morgan fingerprint density at radius 1 is 1.33 bits per heavy atom. The van der Waals surface area contributed by atoms with Gasteiger partial charge in [0.1, 0.15) is 5.54 Å². The van der Waals surface area contributed by atoms with E-state index in [0.717, 1.165) is 19.3 Å². The third kappa shape index (κ3) is 3.24. The number of aliphatic carboxylic acids is 1. The van der Waals surface area contributed by atoms with Gasteiger partial charge in [-0.25, -0.2) is 4.79 Å². The molecule has 1 aliphatic carbocycles. The van der Waals surface area contributed by atoms with Crippen LogP contribution in [0.25, 0.3) is 0 Å². The fraction of sp³-hybridized carbons (Fsp3) is 0.857. The van der Waals surface area contributed by atoms with Gasteiger partial charge in [-0.05, 0) is 31.6 Å². The van der Waals surface area contributed by atoms with Crippen LogP contribution < -0.4 is 5.32 Å². The predicted molar refractivity (Wildman–Crippen MR) is 70.1 cm³/mol. The molecule has 104 valence electrons. The summed E-state index contributed by atoms with van der Waals surface area (Å²) in [7, 11) is 0. The Labute approximate surface area is 109 Å². The third-order valence-corrected chi connectivity index (χ3v) is 4.29. The lowest BCUT2D eigenvalue weighted by Gasteiger charge is -2.33. The van der Waals surface area contributed by atoms with Crippen LogP contribution in [0.15, 0.2) is 0 Å². The number of hydrogen-bond acceptors (Lipinski definition) is 2. The maximum absolute atomic E-state index is 12.2. The minimum Gasteiger partial charge on any atom is -0.480 e. The van der Waals surface area contributed by atoms with E-state index in [4.69, 9.17) is 0 Å². The van der Waals surface area contributed by atoms with Gasteiger partial charge in [-0.3, -0.25) is 4.79 Å². The van der Waals surface area contributed by atoms with Crippen molar-refractivity contribution in [2.45, 2.75) is 58.9 Å². The quantitative estimate of drug-likeness (QED) is 0.810. The van der Waals surface area contributed by atoms with E-state index >= 15 is 0 Å². The predicted octanol–water partition coefficient (Wildman–Crippen LogP) is 2.43. The molecular weight excluding hydrogens is 230 g/mol. The van der Waals surface area contributed by atoms with Crippen LogP contribution in [0.5, 0.6) is 0 Å². The molecule has 0 bridgehead atoms. The average molecular weight is 255 g/mol. The first-order chi connectivity index (χ1) is 8.27. The fourth-order valence-electron chi connectivity index (χ4n) is 2.47. The van der Waals surface area contributed by atoms with E-state index in [-0.39, 0.29) is 17.7 Å². The summed E-state index contributed by atoms with van der Waals surface area (Å²) in [4.78, 5) is 23.5. The van der Waals surface area contributed by atoms with Gasteiger partial charge in [-0.1, -0.05) is 33.6 Å². The molecule has 1 fully saturated rings. The minimum absolute atomic E-state index is 0.0221. The molecule has 0 radical (unpaired) electrons. The second-order valence-electron chi connectivity index (χ2n) is 6.12. The van der Waals surface area contributed by atoms with Crippen LogP contribution in [-0.2, 0) is 9.59 Å². The fourth-order valence-corrected chi connectivity index (χ4v) is 2.47. The second-order valence-corrected chi connectivity index (χ2v) is 6.12. The minimum atomic E-state index is -1.17. The normalized spacial score (nSPS) is 27.6. The van der Waals surface area contributed by atoms with Gasteiger partial charge in [0.15, 0.2) is 0 Å². The molecule has 1 saturated carbocycles. The highest BCUT2D eigenvalue weighted by atomic mass is 16.4. The van der Waals surface area contributed by atoms with E-state index in [1.165, 1.54) is 6.42 Å². The van der Waals surface area contributed by atoms with Crippen LogP contribution in [0.1, 0.15) is 53.4 Å². The summed E-state index contributed by atoms with van der Waals surface area (Å²) in [6, 6.07) is 0. The zero-order valence-electron chi connectivity index (χ0n) is 11.8. The molecule has 1 rings (SSSR count). The molecular formula is C14H25NO3. The zero-order valence-corrected chi connectivity index (χ0v) is 11.8. The van der Waals surface area contributed by atoms with Crippen molar-refractivity contribution in [1.82, 2.24) is 5.32 Å². The molecule has 0 aromatic carbocycles. The number of nitrogens with one attached hydrogen (secondary N) is 1. The molecule has 1 aliphatic rings. The summed E-state index contributed by atoms with van der Waals surface area (Å²) >= 11 is 0. The highest BCUT2D eigenvalue weighted by molar-refractivity contribution is 5.88. The number of carbonyl (C=O) groups excluding carboxylic acids is 1. The SMILES string of the molecule is CC1CCCC(C(=O)N[C@](C)(C(=O)O)C(C)C)C1. The van der Waals surface area contributed by atoms with Crippen LogP contribution in [0.4, 0.5) is 0 Å². The number of carbonyl (C=O) groups is 2. The molecule has 2 unspecified atom stereocenters. The van der Waals surface area contributed by atoms with Crippen LogP contribution in [0.2, 0.25) is 0 Å². The maximum Gasteiger partial charge on any atom is 0.329 e. The molecule has 1 amide bonds. The first-order valence-corrected chi connectivity index (χ1v) is 6.82. The van der Waals surface area contributed by atoms with E-state index in [2.05, 4.69) is 12.2 Å². The van der Waals surface area contributed by atoms with Crippen LogP contribution in [-0.4, -0.2) is 22.5 Å². The summed E-state index contributed by atoms with van der Waals surface area (Å²) in [5, 5.41) is 12.0. The Morgan fingerprint density at radius 3 is 2.39 bits per heavy atom. The summed E-state index contributed by atoms with van der Waals surface area (Å²) in [5.74, 6) is -0.661. The van der Waals surface area contributed by atoms with Gasteiger partial charge in [0.05, 0.1) is 0 Å². The Kier molecular flexibility index (Phi) is 4.77. The van der Waals surface area contributed by atoms with Gasteiger partial charge in [-0.15, -0.1) is 0 Å². The Morgan fingerprint density at radius 2 is 1.94 bits per heavy atom. The van der Waals surface area contributed by atoms with Gasteiger partial charge in [-0.2, -0.15) is 0 Å². The first-order valence-electron chi connectivity index (χ1n) is 6.82. The standard InChI is InChI=1S/C14H25NO3/c1-9(2)14(4,13(17)18)15-12(16)11-7-5-6-10(3)8-11/h9-11H,5-8H2,1-4H3,(H,15,16)(H,17,18)/t10?,11?,14-/m0/s1. The zero-order chi connectivity index (χ0) is 13.9. The monoisotopic (exact) mass is 255 g/mol. The number of carboxylic acid groups (broad SMARTS) is 1. The maximum atomic E-state index is 12.2. The Bertz CT molecular complexity index is 327. The number of rotatable bonds is 4. The third-order valence-electron chi connectivity index (χ3n) is 4.29. The van der Waals surface area contributed by atoms with E-state index < -0.39 is 11.5 Å². The van der Waals surface area contributed by atoms with Crippen molar-refractivity contribution in [2.24, 2.45) is 17.8 Å². The first kappa shape index (κ1) is 15.0. The Hall–Kier alpha value is -1.06. The largest absolute Gasteiger partial charge is 0.480 e. The van der Waals surface area contributed by atoms with Crippen molar-refractivity contribution in [1.29, 1.82) is 0 Å². The van der Waals surface area contributed by atoms with Crippen molar-refractivity contribution in [2.75, 3.05) is 0 Å². The number of carboxylic acids is 1. The van der Waals surface area contributed by atoms with E-state index in [1.807, 2.05) is 13.8 Å². The van der Waals surface area contributed by atoms with Gasteiger partial charge in [0, 0.05) is 5.92 Å². The lowest BCUT2D eigenvalue weighted by molar-refractivity contribution is -0.150. The van der Waals surface area contributed by atoms with E-state index in [1.54, 1.807) is 6.92 Å². The van der Waals surface area contributed by atoms with Crippen LogP contribution >= 0.6 is 0 Å². The highest BCUT2D eigenvalue weighted by Crippen LogP contribution is 2.29. The van der Waals surface area contributed by atoms with Crippen molar-refractivity contribution < 1.29 is 14.7 Å². The van der Waals surface area contributed by atoms with Gasteiger partial charge < -0.3 is 10.4 Å². The van der Waals surface area contributed by atoms with Crippen molar-refractivity contribution >= 4 is 11.9 Å². The summed E-state index contributed by atoms with van der Waals surface area (Å²) in [6.45, 7) is 7.37. The molecule has 0 spiro atoms. The van der Waals surface area contributed by atoms with Crippen molar-refractivity contribution in [3.63, 3.8) is 0 Å². The van der Waals surface area contributed by atoms with Crippen molar-refractivity contribution in [3.8, 4) is 0 Å². The lowest BCUT2D eigenvalue weighted by atomic mass is 9.80. The second kappa shape index (κ2) is 5.72. The topological polar surface area (TPSA) is 66.4 Å². The Balaban J connectivity index is 2.70. The smallest absolute Gasteiger partial charge is 0.329 e. The molecule has 0 saturated heterocycles. The molecule has 0 aromatic heterocycles. The summed E-state index contributed by atoms with van der Waals surface area (Å²) in [6.07, 6.45) is 3.98. The molecule has 0 aliphatic heterocycles. The van der Waals surface area contributed by atoms with Gasteiger partial charge >= 0.3 is 5.97 Å². The van der Waals surface area contributed by atoms with E-state index in [0.29, 0.717) is 5.92 Å². The summed E-state index contributed by atoms with van der Waals surface area (Å²) < 4.78 is 0. The van der Waals surface area contributed by atoms with Crippen molar-refractivity contribution in [3.05, 3.63) is 0 Å². The van der Waals surface area contributed by atoms with Gasteiger partial charge in [0.2, 0.25) is 5.91 Å². The lowest BCUT2D eigenvalue weighted by Crippen LogP contribution is -2.57. The van der Waals surface area contributed by atoms with Gasteiger partial charge in [0.25, 0.3) is 0 Å². The van der Waals surface area contributed by atoms with E-state index in [9.17, 15) is 14.7 Å². The highest BCUT2D eigenvalue weighted by Gasteiger charge is 2.40.